The maximum atomic E-state index is 13.1. The predicted molar refractivity (Wildman–Crippen MR) is 102 cm³/mol. The molecule has 0 bridgehead atoms. The molecule has 0 aliphatic carbocycles. The van der Waals surface area contributed by atoms with Crippen LogP contribution in [0.25, 0.3) is 5.65 Å². The number of benzene rings is 1. The van der Waals surface area contributed by atoms with E-state index < -0.39 is 11.7 Å². The largest absolute Gasteiger partial charge is 0.417 e. The van der Waals surface area contributed by atoms with Crippen molar-refractivity contribution in [3.05, 3.63) is 59.5 Å². The second-order valence-electron chi connectivity index (χ2n) is 7.28. The molecule has 3 aromatic rings. The average molecular weight is 403 g/mol. The molecule has 1 aliphatic heterocycles. The molecule has 0 unspecified atom stereocenters. The molecule has 2 amide bonds. The zero-order valence-corrected chi connectivity index (χ0v) is 15.8. The molecule has 6 nitrogen and oxygen atoms in total. The molecule has 29 heavy (non-hydrogen) atoms. The number of hydrogen-bond acceptors (Lipinski definition) is 3. The van der Waals surface area contributed by atoms with Crippen LogP contribution in [0.15, 0.2) is 42.6 Å². The molecule has 9 heteroatoms. The van der Waals surface area contributed by atoms with Gasteiger partial charge in [0, 0.05) is 30.9 Å². The highest BCUT2D eigenvalue weighted by atomic mass is 19.4. The number of carbonyl (C=O) groups is 1. The number of alkyl halides is 3. The first-order chi connectivity index (χ1) is 13.8. The molecule has 0 radical (unpaired) electrons. The minimum absolute atomic E-state index is 0.189. The van der Waals surface area contributed by atoms with Gasteiger partial charge in [0.2, 0.25) is 0 Å². The summed E-state index contributed by atoms with van der Waals surface area (Å²) in [7, 11) is 0. The van der Waals surface area contributed by atoms with Crippen LogP contribution >= 0.6 is 0 Å². The number of likely N-dealkylation sites (tertiary alicyclic amines) is 1. The first-order valence-electron chi connectivity index (χ1n) is 9.36. The second-order valence-corrected chi connectivity index (χ2v) is 7.28. The molecule has 1 atom stereocenters. The van der Waals surface area contributed by atoms with Crippen LogP contribution in [-0.4, -0.2) is 38.6 Å². The van der Waals surface area contributed by atoms with E-state index in [1.54, 1.807) is 4.90 Å². The van der Waals surface area contributed by atoms with Crippen molar-refractivity contribution in [1.82, 2.24) is 19.5 Å². The van der Waals surface area contributed by atoms with Crippen molar-refractivity contribution >= 4 is 17.4 Å². The summed E-state index contributed by atoms with van der Waals surface area (Å²) in [4.78, 5) is 14.3. The van der Waals surface area contributed by atoms with Crippen molar-refractivity contribution in [3.63, 3.8) is 0 Å². The number of carbonyl (C=O) groups excluding carboxylic acids is 1. The molecule has 152 valence electrons. The fourth-order valence-electron chi connectivity index (χ4n) is 3.57. The van der Waals surface area contributed by atoms with Gasteiger partial charge in [0.05, 0.1) is 5.56 Å². The fourth-order valence-corrected chi connectivity index (χ4v) is 3.57. The van der Waals surface area contributed by atoms with Crippen molar-refractivity contribution in [2.75, 3.05) is 18.4 Å². The van der Waals surface area contributed by atoms with Crippen molar-refractivity contribution in [3.8, 4) is 0 Å². The van der Waals surface area contributed by atoms with E-state index in [0.717, 1.165) is 30.7 Å². The van der Waals surface area contributed by atoms with Gasteiger partial charge in [0.15, 0.2) is 5.65 Å². The van der Waals surface area contributed by atoms with Gasteiger partial charge in [-0.1, -0.05) is 17.7 Å². The van der Waals surface area contributed by atoms with Crippen LogP contribution < -0.4 is 5.32 Å². The number of halogens is 3. The van der Waals surface area contributed by atoms with E-state index in [1.807, 2.05) is 31.2 Å². The number of piperidine rings is 1. The number of anilines is 1. The minimum atomic E-state index is -4.44. The maximum absolute atomic E-state index is 13.1. The van der Waals surface area contributed by atoms with Gasteiger partial charge in [-0.05, 0) is 44.0 Å². The quantitative estimate of drug-likeness (QED) is 0.687. The van der Waals surface area contributed by atoms with Crippen molar-refractivity contribution in [2.24, 2.45) is 0 Å². The summed E-state index contributed by atoms with van der Waals surface area (Å²) in [5.41, 5.74) is 1.40. The van der Waals surface area contributed by atoms with Gasteiger partial charge in [-0.25, -0.2) is 4.79 Å². The lowest BCUT2D eigenvalue weighted by atomic mass is 9.97. The number of pyridine rings is 1. The summed E-state index contributed by atoms with van der Waals surface area (Å²) in [5, 5.41) is 11.0. The van der Waals surface area contributed by atoms with Crippen molar-refractivity contribution in [1.29, 1.82) is 0 Å². The van der Waals surface area contributed by atoms with E-state index in [2.05, 4.69) is 15.5 Å². The normalized spacial score (nSPS) is 17.5. The Balaban J connectivity index is 1.53. The summed E-state index contributed by atoms with van der Waals surface area (Å²) in [5.74, 6) is 0.255. The Hall–Kier alpha value is -3.10. The maximum Gasteiger partial charge on any atom is 0.417 e. The minimum Gasteiger partial charge on any atom is -0.324 e. The topological polar surface area (TPSA) is 62.5 Å². The monoisotopic (exact) mass is 403 g/mol. The van der Waals surface area contributed by atoms with Gasteiger partial charge < -0.3 is 10.2 Å². The number of nitrogens with one attached hydrogen (secondary N) is 1. The van der Waals surface area contributed by atoms with Crippen molar-refractivity contribution in [2.45, 2.75) is 31.9 Å². The number of fused-ring (bicyclic) bond motifs is 1. The molecule has 4 rings (SSSR count). The summed E-state index contributed by atoms with van der Waals surface area (Å²) in [6.07, 6.45) is -1.95. The van der Waals surface area contributed by atoms with Crippen molar-refractivity contribution < 1.29 is 18.0 Å². The van der Waals surface area contributed by atoms with Gasteiger partial charge in [0.25, 0.3) is 0 Å². The Morgan fingerprint density at radius 3 is 2.62 bits per heavy atom. The zero-order chi connectivity index (χ0) is 20.6. The van der Waals surface area contributed by atoms with Crippen LogP contribution in [0, 0.1) is 6.92 Å². The Morgan fingerprint density at radius 2 is 1.90 bits per heavy atom. The molecule has 1 N–H and O–H groups in total. The van der Waals surface area contributed by atoms with Gasteiger partial charge in [-0.3, -0.25) is 4.40 Å². The molecule has 1 aromatic carbocycles. The van der Waals surface area contributed by atoms with Crippen LogP contribution in [0.3, 0.4) is 0 Å². The number of hydrogen-bond donors (Lipinski definition) is 1. The zero-order valence-electron chi connectivity index (χ0n) is 15.8. The molecule has 1 fully saturated rings. The summed E-state index contributed by atoms with van der Waals surface area (Å²) in [6, 6.07) is 9.56. The SMILES string of the molecule is Cc1ccc(NC(=O)N2CCC[C@@H](c3nnc4ccc(C(F)(F)F)cn34)C2)cc1. The lowest BCUT2D eigenvalue weighted by molar-refractivity contribution is -0.137. The smallest absolute Gasteiger partial charge is 0.324 e. The molecule has 3 heterocycles. The summed E-state index contributed by atoms with van der Waals surface area (Å²) >= 11 is 0. The van der Waals surface area contributed by atoms with Gasteiger partial charge in [-0.2, -0.15) is 13.2 Å². The van der Waals surface area contributed by atoms with Crippen LogP contribution in [-0.2, 0) is 6.18 Å². The number of rotatable bonds is 2. The Kier molecular flexibility index (Phi) is 4.89. The predicted octanol–water partition coefficient (Wildman–Crippen LogP) is 4.47. The third kappa shape index (κ3) is 4.03. The van der Waals surface area contributed by atoms with E-state index in [1.165, 1.54) is 10.5 Å². The number of nitrogens with zero attached hydrogens (tertiary/aromatic N) is 4. The molecule has 1 aliphatic rings. The highest BCUT2D eigenvalue weighted by Crippen LogP contribution is 2.31. The third-order valence-electron chi connectivity index (χ3n) is 5.13. The highest BCUT2D eigenvalue weighted by molar-refractivity contribution is 5.89. The Labute approximate surface area is 165 Å². The van der Waals surface area contributed by atoms with Gasteiger partial charge >= 0.3 is 12.2 Å². The molecule has 1 saturated heterocycles. The van der Waals surface area contributed by atoms with E-state index in [0.29, 0.717) is 30.2 Å². The molecular formula is C20H20F3N5O. The highest BCUT2D eigenvalue weighted by Gasteiger charge is 2.32. The third-order valence-corrected chi connectivity index (χ3v) is 5.13. The number of aryl methyl sites for hydroxylation is 1. The van der Waals surface area contributed by atoms with Gasteiger partial charge in [-0.15, -0.1) is 10.2 Å². The fraction of sp³-hybridized carbons (Fsp3) is 0.350. The average Bonchev–Trinajstić information content (AvgIpc) is 3.12. The lowest BCUT2D eigenvalue weighted by Crippen LogP contribution is -2.42. The summed E-state index contributed by atoms with van der Waals surface area (Å²) in [6.45, 7) is 2.92. The molecule has 2 aromatic heterocycles. The second kappa shape index (κ2) is 7.38. The number of amides is 2. The summed E-state index contributed by atoms with van der Waals surface area (Å²) < 4.78 is 40.6. The molecular weight excluding hydrogens is 383 g/mol. The lowest BCUT2D eigenvalue weighted by Gasteiger charge is -2.32. The van der Waals surface area contributed by atoms with E-state index >= 15 is 0 Å². The van der Waals surface area contributed by atoms with E-state index in [4.69, 9.17) is 0 Å². The number of aromatic nitrogens is 3. The van der Waals surface area contributed by atoms with E-state index in [-0.39, 0.29) is 11.9 Å². The molecule has 0 saturated carbocycles. The molecule has 0 spiro atoms. The first kappa shape index (κ1) is 19.2. The Bertz CT molecular complexity index is 1030. The number of urea groups is 1. The Morgan fingerprint density at radius 1 is 1.14 bits per heavy atom. The first-order valence-corrected chi connectivity index (χ1v) is 9.36. The van der Waals surface area contributed by atoms with Crippen LogP contribution in [0.2, 0.25) is 0 Å². The van der Waals surface area contributed by atoms with E-state index in [9.17, 15) is 18.0 Å². The van der Waals surface area contributed by atoms with Crippen LogP contribution in [0.1, 0.15) is 35.7 Å². The van der Waals surface area contributed by atoms with Crippen LogP contribution in [0.4, 0.5) is 23.7 Å². The standard InChI is InChI=1S/C20H20F3N5O/c1-13-4-7-16(8-5-13)24-19(29)27-10-2-3-14(11-27)18-26-25-17-9-6-15(12-28(17)18)20(21,22)23/h4-9,12,14H,2-3,10-11H2,1H3,(H,24,29)/t14-/m1/s1. The van der Waals surface area contributed by atoms with Gasteiger partial charge in [0.1, 0.15) is 5.82 Å². The van der Waals surface area contributed by atoms with Crippen LogP contribution in [0.5, 0.6) is 0 Å².